The highest BCUT2D eigenvalue weighted by Crippen LogP contribution is 2.20. The third-order valence-electron chi connectivity index (χ3n) is 3.65. The summed E-state index contributed by atoms with van der Waals surface area (Å²) >= 11 is 0. The van der Waals surface area contributed by atoms with Crippen molar-refractivity contribution in [1.82, 2.24) is 9.80 Å². The van der Waals surface area contributed by atoms with Crippen LogP contribution in [0.3, 0.4) is 0 Å². The predicted octanol–water partition coefficient (Wildman–Crippen LogP) is 4.38. The summed E-state index contributed by atoms with van der Waals surface area (Å²) in [6.45, 7) is 2.29. The second kappa shape index (κ2) is 12.2. The van der Waals surface area contributed by atoms with E-state index < -0.39 is 0 Å². The fraction of sp³-hybridized carbons (Fsp3) is 0.368. The number of likely N-dealkylation sites (N-methyl/N-ethyl adjacent to an activating group) is 1. The Labute approximate surface area is 162 Å². The first kappa shape index (κ1) is 23.8. The van der Waals surface area contributed by atoms with Gasteiger partial charge in [0.15, 0.2) is 0 Å². The summed E-state index contributed by atoms with van der Waals surface area (Å²) in [5.41, 5.74) is 2.12. The van der Waals surface area contributed by atoms with Gasteiger partial charge in [0, 0.05) is 13.1 Å². The summed E-state index contributed by atoms with van der Waals surface area (Å²) in [5, 5.41) is 0. The topological polar surface area (TPSA) is 15.7 Å². The molecule has 0 heterocycles. The van der Waals surface area contributed by atoms with Gasteiger partial charge in [-0.1, -0.05) is 42.5 Å². The lowest BCUT2D eigenvalue weighted by Crippen LogP contribution is -2.28. The third kappa shape index (κ3) is 8.17. The van der Waals surface area contributed by atoms with E-state index in [1.165, 1.54) is 17.7 Å². The quantitative estimate of drug-likeness (QED) is 0.624. The van der Waals surface area contributed by atoms with Crippen LogP contribution >= 0.6 is 24.8 Å². The third-order valence-corrected chi connectivity index (χ3v) is 3.65. The van der Waals surface area contributed by atoms with Gasteiger partial charge in [0.25, 0.3) is 0 Å². The molecule has 1 atom stereocenters. The van der Waals surface area contributed by atoms with E-state index >= 15 is 0 Å². The molecule has 0 fully saturated rings. The Hall–Kier alpha value is -1.17. The molecule has 0 bridgehead atoms. The zero-order valence-corrected chi connectivity index (χ0v) is 16.5. The predicted molar refractivity (Wildman–Crippen MR) is 106 cm³/mol. The highest BCUT2D eigenvalue weighted by atomic mass is 35.5. The minimum Gasteiger partial charge on any atom is -0.358 e. The van der Waals surface area contributed by atoms with Crippen molar-refractivity contribution in [2.45, 2.75) is 12.8 Å². The second-order valence-corrected chi connectivity index (χ2v) is 5.97. The van der Waals surface area contributed by atoms with Crippen LogP contribution in [0, 0.1) is 5.82 Å². The molecule has 2 aromatic rings. The van der Waals surface area contributed by atoms with Crippen LogP contribution in [0.15, 0.2) is 54.6 Å². The molecule has 25 heavy (non-hydrogen) atoms. The standard InChI is InChI=1S/C19H25FN2O.2ClH/c1-21(2)19(17-10-7-11-18(20)14-17)23-13-12-22(3)15-16-8-5-4-6-9-16;;/h4-11,14,19H,12-13,15H2,1-3H3;2*1H. The Balaban J connectivity index is 0.00000288. The van der Waals surface area contributed by atoms with E-state index in [9.17, 15) is 4.39 Å². The molecule has 0 aliphatic rings. The largest absolute Gasteiger partial charge is 0.358 e. The fourth-order valence-electron chi connectivity index (χ4n) is 2.50. The van der Waals surface area contributed by atoms with Crippen LogP contribution in [0.25, 0.3) is 0 Å². The molecule has 0 saturated heterocycles. The monoisotopic (exact) mass is 388 g/mol. The number of benzene rings is 2. The molecule has 1 unspecified atom stereocenters. The summed E-state index contributed by atoms with van der Waals surface area (Å²) in [5.74, 6) is -0.237. The maximum absolute atomic E-state index is 13.4. The number of hydrogen-bond donors (Lipinski definition) is 0. The van der Waals surface area contributed by atoms with Gasteiger partial charge in [0.05, 0.1) is 6.61 Å². The summed E-state index contributed by atoms with van der Waals surface area (Å²) in [7, 11) is 5.94. The van der Waals surface area contributed by atoms with Crippen molar-refractivity contribution in [3.63, 3.8) is 0 Å². The minimum absolute atomic E-state index is 0. The van der Waals surface area contributed by atoms with Crippen LogP contribution in [0.2, 0.25) is 0 Å². The molecule has 0 aliphatic carbocycles. The van der Waals surface area contributed by atoms with Gasteiger partial charge < -0.3 is 4.74 Å². The van der Waals surface area contributed by atoms with E-state index in [-0.39, 0.29) is 36.9 Å². The first-order valence-electron chi connectivity index (χ1n) is 7.82. The fourth-order valence-corrected chi connectivity index (χ4v) is 2.50. The molecule has 0 radical (unpaired) electrons. The number of hydrogen-bond acceptors (Lipinski definition) is 3. The van der Waals surface area contributed by atoms with Crippen LogP contribution in [-0.4, -0.2) is 44.1 Å². The Morgan fingerprint density at radius 1 is 0.960 bits per heavy atom. The summed E-state index contributed by atoms with van der Waals surface area (Å²) in [4.78, 5) is 4.17. The van der Waals surface area contributed by atoms with Crippen LogP contribution in [0.5, 0.6) is 0 Å². The molecular formula is C19H27Cl2FN2O. The Morgan fingerprint density at radius 3 is 2.24 bits per heavy atom. The number of ether oxygens (including phenoxy) is 1. The van der Waals surface area contributed by atoms with Gasteiger partial charge in [-0.25, -0.2) is 4.39 Å². The molecule has 0 saturated carbocycles. The van der Waals surface area contributed by atoms with Crippen LogP contribution < -0.4 is 0 Å². The molecule has 2 aromatic carbocycles. The number of halogens is 3. The van der Waals surface area contributed by atoms with Gasteiger partial charge in [-0.05, 0) is 44.4 Å². The average Bonchev–Trinajstić information content (AvgIpc) is 2.52. The van der Waals surface area contributed by atoms with Crippen molar-refractivity contribution < 1.29 is 9.13 Å². The lowest BCUT2D eigenvalue weighted by atomic mass is 10.2. The smallest absolute Gasteiger partial charge is 0.136 e. The molecular weight excluding hydrogens is 362 g/mol. The van der Waals surface area contributed by atoms with Crippen LogP contribution in [0.1, 0.15) is 17.4 Å². The van der Waals surface area contributed by atoms with Gasteiger partial charge in [-0.2, -0.15) is 0 Å². The molecule has 0 spiro atoms. The number of nitrogens with zero attached hydrogens (tertiary/aromatic N) is 2. The van der Waals surface area contributed by atoms with Gasteiger partial charge in [-0.15, -0.1) is 24.8 Å². The van der Waals surface area contributed by atoms with Gasteiger partial charge in [0.1, 0.15) is 12.0 Å². The molecule has 140 valence electrons. The molecule has 6 heteroatoms. The first-order chi connectivity index (χ1) is 11.1. The molecule has 0 aliphatic heterocycles. The van der Waals surface area contributed by atoms with Gasteiger partial charge >= 0.3 is 0 Å². The molecule has 0 amide bonds. The highest BCUT2D eigenvalue weighted by molar-refractivity contribution is 5.85. The van der Waals surface area contributed by atoms with E-state index in [0.717, 1.165) is 18.7 Å². The summed E-state index contributed by atoms with van der Waals surface area (Å²) < 4.78 is 19.4. The Kier molecular flexibility index (Phi) is 11.7. The maximum Gasteiger partial charge on any atom is 0.136 e. The molecule has 0 aromatic heterocycles. The normalized spacial score (nSPS) is 11.8. The van der Waals surface area contributed by atoms with Crippen molar-refractivity contribution in [2.75, 3.05) is 34.3 Å². The number of rotatable bonds is 8. The Morgan fingerprint density at radius 2 is 1.64 bits per heavy atom. The van der Waals surface area contributed by atoms with Crippen LogP contribution in [-0.2, 0) is 11.3 Å². The van der Waals surface area contributed by atoms with Crippen LogP contribution in [0.4, 0.5) is 4.39 Å². The molecule has 3 nitrogen and oxygen atoms in total. The maximum atomic E-state index is 13.4. The summed E-state index contributed by atoms with van der Waals surface area (Å²) in [6, 6.07) is 16.9. The van der Waals surface area contributed by atoms with E-state index in [1.807, 2.05) is 43.3 Å². The van der Waals surface area contributed by atoms with E-state index in [4.69, 9.17) is 4.74 Å². The van der Waals surface area contributed by atoms with E-state index in [2.05, 4.69) is 24.1 Å². The highest BCUT2D eigenvalue weighted by Gasteiger charge is 2.15. The second-order valence-electron chi connectivity index (χ2n) is 5.97. The Bertz CT molecular complexity index is 599. The summed E-state index contributed by atoms with van der Waals surface area (Å²) in [6.07, 6.45) is -0.240. The van der Waals surface area contributed by atoms with E-state index in [0.29, 0.717) is 6.61 Å². The van der Waals surface area contributed by atoms with Crippen molar-refractivity contribution in [3.05, 3.63) is 71.5 Å². The van der Waals surface area contributed by atoms with E-state index in [1.54, 1.807) is 6.07 Å². The van der Waals surface area contributed by atoms with Crippen molar-refractivity contribution in [2.24, 2.45) is 0 Å². The van der Waals surface area contributed by atoms with Gasteiger partial charge in [0.2, 0.25) is 0 Å². The zero-order valence-electron chi connectivity index (χ0n) is 14.9. The first-order valence-corrected chi connectivity index (χ1v) is 7.82. The average molecular weight is 389 g/mol. The lowest BCUT2D eigenvalue weighted by Gasteiger charge is -2.26. The molecule has 0 N–H and O–H groups in total. The van der Waals surface area contributed by atoms with Crippen molar-refractivity contribution in [3.8, 4) is 0 Å². The minimum atomic E-state index is -0.240. The lowest BCUT2D eigenvalue weighted by molar-refractivity contribution is -0.0444. The van der Waals surface area contributed by atoms with Crippen molar-refractivity contribution >= 4 is 24.8 Å². The zero-order chi connectivity index (χ0) is 16.7. The molecule has 2 rings (SSSR count). The van der Waals surface area contributed by atoms with Crippen molar-refractivity contribution in [1.29, 1.82) is 0 Å². The van der Waals surface area contributed by atoms with Gasteiger partial charge in [-0.3, -0.25) is 9.80 Å². The SMILES string of the molecule is CN(CCOC(c1cccc(F)c1)N(C)C)Cc1ccccc1.Cl.Cl.